The normalized spacial score (nSPS) is 10.9. The molecule has 0 aliphatic rings. The van der Waals surface area contributed by atoms with Crippen LogP contribution in [0.15, 0.2) is 8.42 Å². The Morgan fingerprint density at radius 3 is 1.26 bits per heavy atom. The lowest BCUT2D eigenvalue weighted by Gasteiger charge is -2.09. The van der Waals surface area contributed by atoms with Crippen molar-refractivity contribution in [3.05, 3.63) is 11.1 Å². The molecule has 7 heteroatoms. The summed E-state index contributed by atoms with van der Waals surface area (Å²) in [7, 11) is 0. The lowest BCUT2D eigenvalue weighted by atomic mass is 10.2. The molecule has 0 aliphatic carbocycles. The Hall–Kier alpha value is -1.05. The van der Waals surface area contributed by atoms with Gasteiger partial charge in [-0.15, -0.1) is 0 Å². The molecule has 2 aromatic heterocycles. The first kappa shape index (κ1) is 22.2. The zero-order chi connectivity index (χ0) is 19.8. The highest BCUT2D eigenvalue weighted by Crippen LogP contribution is 2.55. The second kappa shape index (κ2) is 11.1. The van der Waals surface area contributed by atoms with Crippen molar-refractivity contribution in [2.24, 2.45) is 0 Å². The van der Waals surface area contributed by atoms with Crippen molar-refractivity contribution >= 4 is 34.4 Å². The number of hydrogen-bond acceptors (Lipinski definition) is 7. The predicted molar refractivity (Wildman–Crippen MR) is 116 cm³/mol. The van der Waals surface area contributed by atoms with Crippen LogP contribution < -0.4 is 18.9 Å². The molecule has 0 unspecified atom stereocenters. The fourth-order valence-electron chi connectivity index (χ4n) is 2.72. The highest BCUT2D eigenvalue weighted by Gasteiger charge is 2.25. The Labute approximate surface area is 175 Å². The molecule has 0 saturated carbocycles. The van der Waals surface area contributed by atoms with Gasteiger partial charge in [0.1, 0.15) is 8.42 Å². The van der Waals surface area contributed by atoms with Crippen LogP contribution in [-0.2, 0) is 12.8 Å². The standard InChI is InChI=1S/C20H30O4S3/c1-7-13-15(21-9-3)19(25-17(13)23-11-5)27-20-16(22-10-4)14(8-2)18(26-20)24-12-6/h7-12H2,1-6H3. The van der Waals surface area contributed by atoms with Crippen LogP contribution in [0.4, 0.5) is 0 Å². The van der Waals surface area contributed by atoms with E-state index < -0.39 is 0 Å². The zero-order valence-electron chi connectivity index (χ0n) is 17.1. The van der Waals surface area contributed by atoms with E-state index >= 15 is 0 Å². The van der Waals surface area contributed by atoms with Crippen LogP contribution in [0, 0.1) is 0 Å². The summed E-state index contributed by atoms with van der Waals surface area (Å²) in [5.74, 6) is 1.90. The van der Waals surface area contributed by atoms with E-state index in [1.54, 1.807) is 34.4 Å². The number of ether oxygens (including phenoxy) is 4. The summed E-state index contributed by atoms with van der Waals surface area (Å²) < 4.78 is 26.0. The van der Waals surface area contributed by atoms with E-state index in [-0.39, 0.29) is 0 Å². The largest absolute Gasteiger partial charge is 0.491 e. The molecule has 0 fully saturated rings. The minimum atomic E-state index is 0.635. The van der Waals surface area contributed by atoms with E-state index in [0.717, 1.165) is 54.0 Å². The number of rotatable bonds is 12. The summed E-state index contributed by atoms with van der Waals surface area (Å²) in [5, 5.41) is 1.92. The second-order valence-electron chi connectivity index (χ2n) is 5.51. The fraction of sp³-hybridized carbons (Fsp3) is 0.600. The van der Waals surface area contributed by atoms with Gasteiger partial charge >= 0.3 is 0 Å². The molecular weight excluding hydrogens is 400 g/mol. The molecule has 0 aliphatic heterocycles. The van der Waals surface area contributed by atoms with Crippen LogP contribution >= 0.6 is 34.4 Å². The zero-order valence-corrected chi connectivity index (χ0v) is 19.5. The molecule has 0 spiro atoms. The van der Waals surface area contributed by atoms with Crippen molar-refractivity contribution in [2.75, 3.05) is 26.4 Å². The molecule has 2 rings (SSSR count). The monoisotopic (exact) mass is 430 g/mol. The predicted octanol–water partition coefficient (Wildman–Crippen LogP) is 6.68. The van der Waals surface area contributed by atoms with Crippen molar-refractivity contribution in [1.82, 2.24) is 0 Å². The van der Waals surface area contributed by atoms with E-state index in [1.165, 1.54) is 0 Å². The van der Waals surface area contributed by atoms with Crippen molar-refractivity contribution in [3.63, 3.8) is 0 Å². The Morgan fingerprint density at radius 1 is 0.593 bits per heavy atom. The van der Waals surface area contributed by atoms with Gasteiger partial charge in [-0.1, -0.05) is 48.3 Å². The van der Waals surface area contributed by atoms with Crippen LogP contribution in [0.25, 0.3) is 0 Å². The first-order valence-electron chi connectivity index (χ1n) is 9.65. The van der Waals surface area contributed by atoms with E-state index in [1.807, 2.05) is 27.7 Å². The fourth-order valence-corrected chi connectivity index (χ4v) is 6.84. The van der Waals surface area contributed by atoms with Gasteiger partial charge in [-0.2, -0.15) is 0 Å². The summed E-state index contributed by atoms with van der Waals surface area (Å²) in [6.45, 7) is 14.9. The lowest BCUT2D eigenvalue weighted by Crippen LogP contribution is -1.97. The van der Waals surface area contributed by atoms with Crippen LogP contribution in [0.1, 0.15) is 52.7 Å². The van der Waals surface area contributed by atoms with Crippen LogP contribution in [0.3, 0.4) is 0 Å². The molecule has 27 heavy (non-hydrogen) atoms. The Kier molecular flexibility index (Phi) is 9.12. The molecule has 0 N–H and O–H groups in total. The van der Waals surface area contributed by atoms with Gasteiger partial charge in [0.25, 0.3) is 0 Å². The van der Waals surface area contributed by atoms with Gasteiger partial charge in [0.05, 0.1) is 26.4 Å². The summed E-state index contributed by atoms with van der Waals surface area (Å²) in [6, 6.07) is 0. The number of thiophene rings is 2. The van der Waals surface area contributed by atoms with Crippen molar-refractivity contribution in [3.8, 4) is 21.6 Å². The van der Waals surface area contributed by atoms with E-state index in [0.29, 0.717) is 26.4 Å². The Balaban J connectivity index is 2.48. The minimum Gasteiger partial charge on any atom is -0.491 e. The molecule has 0 radical (unpaired) electrons. The van der Waals surface area contributed by atoms with Crippen molar-refractivity contribution in [2.45, 2.75) is 62.8 Å². The van der Waals surface area contributed by atoms with E-state index in [4.69, 9.17) is 18.9 Å². The molecule has 0 saturated heterocycles. The average Bonchev–Trinajstić information content (AvgIpc) is 3.14. The number of hydrogen-bond donors (Lipinski definition) is 0. The molecule has 0 aromatic carbocycles. The second-order valence-corrected chi connectivity index (χ2v) is 9.01. The summed E-state index contributed by atoms with van der Waals surface area (Å²) in [5.41, 5.74) is 2.31. The quantitative estimate of drug-likeness (QED) is 0.375. The van der Waals surface area contributed by atoms with Gasteiger partial charge in [0, 0.05) is 11.1 Å². The molecular formula is C20H30O4S3. The van der Waals surface area contributed by atoms with Crippen molar-refractivity contribution < 1.29 is 18.9 Å². The smallest absolute Gasteiger partial charge is 0.181 e. The SMILES string of the molecule is CCOc1sc(Sc2sc(OCC)c(CC)c2OCC)c(OCC)c1CC. The highest BCUT2D eigenvalue weighted by molar-refractivity contribution is 8.03. The van der Waals surface area contributed by atoms with Gasteiger partial charge in [-0.3, -0.25) is 0 Å². The first-order valence-corrected chi connectivity index (χ1v) is 12.1. The maximum atomic E-state index is 6.01. The van der Waals surface area contributed by atoms with Gasteiger partial charge in [0.15, 0.2) is 21.6 Å². The van der Waals surface area contributed by atoms with Crippen LogP contribution in [0.5, 0.6) is 21.6 Å². The van der Waals surface area contributed by atoms with Crippen molar-refractivity contribution in [1.29, 1.82) is 0 Å². The minimum absolute atomic E-state index is 0.635. The van der Waals surface area contributed by atoms with E-state index in [9.17, 15) is 0 Å². The lowest BCUT2D eigenvalue weighted by molar-refractivity contribution is 0.321. The Bertz CT molecular complexity index is 661. The summed E-state index contributed by atoms with van der Waals surface area (Å²) in [4.78, 5) is 0. The maximum absolute atomic E-state index is 6.01. The maximum Gasteiger partial charge on any atom is 0.181 e. The van der Waals surface area contributed by atoms with Gasteiger partial charge < -0.3 is 18.9 Å². The third kappa shape index (κ3) is 5.06. The molecule has 152 valence electrons. The summed E-state index contributed by atoms with van der Waals surface area (Å²) in [6.07, 6.45) is 1.77. The van der Waals surface area contributed by atoms with Gasteiger partial charge in [-0.05, 0) is 40.5 Å². The van der Waals surface area contributed by atoms with Crippen LogP contribution in [-0.4, -0.2) is 26.4 Å². The molecule has 0 bridgehead atoms. The van der Waals surface area contributed by atoms with E-state index in [2.05, 4.69) is 13.8 Å². The molecule has 0 atom stereocenters. The third-order valence-corrected chi connectivity index (χ3v) is 7.39. The molecule has 2 aromatic rings. The average molecular weight is 431 g/mol. The van der Waals surface area contributed by atoms with Crippen LogP contribution in [0.2, 0.25) is 0 Å². The van der Waals surface area contributed by atoms with Gasteiger partial charge in [0.2, 0.25) is 0 Å². The summed E-state index contributed by atoms with van der Waals surface area (Å²) >= 11 is 5.02. The molecule has 4 nitrogen and oxygen atoms in total. The first-order chi connectivity index (χ1) is 13.1. The third-order valence-electron chi connectivity index (χ3n) is 3.80. The highest BCUT2D eigenvalue weighted by atomic mass is 32.2. The molecule has 0 amide bonds. The topological polar surface area (TPSA) is 36.9 Å². The van der Waals surface area contributed by atoms with Gasteiger partial charge in [-0.25, -0.2) is 0 Å². The Morgan fingerprint density at radius 2 is 0.963 bits per heavy atom. The molecule has 2 heterocycles.